The SMILES string of the molecule is Cc1cc(Nc2ccc(F)cc2Br)nc(N)n1. The maximum Gasteiger partial charge on any atom is 0.222 e. The highest BCUT2D eigenvalue weighted by atomic mass is 79.9. The number of nitrogens with one attached hydrogen (secondary N) is 1. The molecule has 0 spiro atoms. The Bertz CT molecular complexity index is 539. The fourth-order valence-corrected chi connectivity index (χ4v) is 1.83. The van der Waals surface area contributed by atoms with E-state index in [1.807, 2.05) is 6.92 Å². The number of halogens is 2. The molecule has 0 saturated heterocycles. The molecule has 0 radical (unpaired) electrons. The normalized spacial score (nSPS) is 10.3. The molecule has 2 rings (SSSR count). The standard InChI is InChI=1S/C11H10BrFN4/c1-6-4-10(17-11(14)15-6)16-9-3-2-7(13)5-8(9)12/h2-5H,1H3,(H3,14,15,16,17). The van der Waals surface area contributed by atoms with Gasteiger partial charge in [0.05, 0.1) is 5.69 Å². The van der Waals surface area contributed by atoms with Crippen molar-refractivity contribution in [2.45, 2.75) is 6.92 Å². The molecule has 4 nitrogen and oxygen atoms in total. The van der Waals surface area contributed by atoms with E-state index in [1.165, 1.54) is 12.1 Å². The van der Waals surface area contributed by atoms with Crippen LogP contribution >= 0.6 is 15.9 Å². The molecule has 1 aromatic carbocycles. The van der Waals surface area contributed by atoms with Gasteiger partial charge >= 0.3 is 0 Å². The van der Waals surface area contributed by atoms with Crippen LogP contribution in [0.1, 0.15) is 5.69 Å². The van der Waals surface area contributed by atoms with Crippen molar-refractivity contribution >= 4 is 33.4 Å². The van der Waals surface area contributed by atoms with Crippen LogP contribution in [0.4, 0.5) is 21.8 Å². The summed E-state index contributed by atoms with van der Waals surface area (Å²) in [5, 5.41) is 3.04. The number of hydrogen-bond donors (Lipinski definition) is 2. The van der Waals surface area contributed by atoms with E-state index in [1.54, 1.807) is 12.1 Å². The first-order valence-corrected chi connectivity index (χ1v) is 5.67. The van der Waals surface area contributed by atoms with E-state index in [0.717, 1.165) is 5.69 Å². The summed E-state index contributed by atoms with van der Waals surface area (Å²) in [6.07, 6.45) is 0. The molecule has 2 aromatic rings. The molecule has 3 N–H and O–H groups in total. The van der Waals surface area contributed by atoms with E-state index in [-0.39, 0.29) is 11.8 Å². The summed E-state index contributed by atoms with van der Waals surface area (Å²) in [5.74, 6) is 0.467. The smallest absolute Gasteiger partial charge is 0.222 e. The zero-order valence-electron chi connectivity index (χ0n) is 9.04. The molecule has 0 aliphatic rings. The van der Waals surface area contributed by atoms with Crippen LogP contribution in [0, 0.1) is 12.7 Å². The number of nitrogens with zero attached hydrogens (tertiary/aromatic N) is 2. The Balaban J connectivity index is 2.31. The molecule has 88 valence electrons. The van der Waals surface area contributed by atoms with Crippen LogP contribution in [0.25, 0.3) is 0 Å². The van der Waals surface area contributed by atoms with E-state index in [0.29, 0.717) is 16.0 Å². The van der Waals surface area contributed by atoms with Crippen LogP contribution in [0.5, 0.6) is 0 Å². The summed E-state index contributed by atoms with van der Waals surface area (Å²) in [7, 11) is 0. The van der Waals surface area contributed by atoms with E-state index in [9.17, 15) is 4.39 Å². The summed E-state index contributed by atoms with van der Waals surface area (Å²) < 4.78 is 13.5. The molecular formula is C11H10BrFN4. The van der Waals surface area contributed by atoms with Crippen LogP contribution in [0.3, 0.4) is 0 Å². The Morgan fingerprint density at radius 2 is 2.06 bits per heavy atom. The van der Waals surface area contributed by atoms with Gasteiger partial charge in [0.1, 0.15) is 11.6 Å². The summed E-state index contributed by atoms with van der Waals surface area (Å²) in [4.78, 5) is 8.00. The maximum absolute atomic E-state index is 12.9. The van der Waals surface area contributed by atoms with Gasteiger partial charge in [0.25, 0.3) is 0 Å². The molecule has 0 amide bonds. The average Bonchev–Trinajstić information content (AvgIpc) is 2.21. The monoisotopic (exact) mass is 296 g/mol. The van der Waals surface area contributed by atoms with Crippen molar-refractivity contribution < 1.29 is 4.39 Å². The topological polar surface area (TPSA) is 63.8 Å². The first-order chi connectivity index (χ1) is 8.04. The van der Waals surface area contributed by atoms with Gasteiger partial charge in [-0.15, -0.1) is 0 Å². The van der Waals surface area contributed by atoms with Gasteiger partial charge in [0.2, 0.25) is 5.95 Å². The highest BCUT2D eigenvalue weighted by molar-refractivity contribution is 9.10. The summed E-state index contributed by atoms with van der Waals surface area (Å²) in [6, 6.07) is 6.11. The molecule has 0 fully saturated rings. The van der Waals surface area contributed by atoms with Crippen LogP contribution in [-0.2, 0) is 0 Å². The van der Waals surface area contributed by atoms with E-state index < -0.39 is 0 Å². The van der Waals surface area contributed by atoms with Crippen LogP contribution in [0.15, 0.2) is 28.7 Å². The molecule has 0 unspecified atom stereocenters. The number of aryl methyl sites for hydroxylation is 1. The number of aromatic nitrogens is 2. The fourth-order valence-electron chi connectivity index (χ4n) is 1.38. The van der Waals surface area contributed by atoms with Gasteiger partial charge in [-0.1, -0.05) is 0 Å². The van der Waals surface area contributed by atoms with E-state index >= 15 is 0 Å². The Labute approximate surface area is 106 Å². The van der Waals surface area contributed by atoms with Crippen molar-refractivity contribution in [2.75, 3.05) is 11.1 Å². The van der Waals surface area contributed by atoms with Gasteiger partial charge in [-0.05, 0) is 41.1 Å². The first-order valence-electron chi connectivity index (χ1n) is 4.88. The van der Waals surface area contributed by atoms with Crippen molar-refractivity contribution in [3.8, 4) is 0 Å². The van der Waals surface area contributed by atoms with Crippen molar-refractivity contribution in [3.05, 3.63) is 40.2 Å². The first kappa shape index (κ1) is 11.8. The number of nitrogens with two attached hydrogens (primary N) is 1. The second kappa shape index (κ2) is 4.67. The molecule has 1 aromatic heterocycles. The van der Waals surface area contributed by atoms with Gasteiger partial charge < -0.3 is 11.1 Å². The lowest BCUT2D eigenvalue weighted by Crippen LogP contribution is -2.01. The largest absolute Gasteiger partial charge is 0.368 e. The third-order valence-electron chi connectivity index (χ3n) is 2.07. The highest BCUT2D eigenvalue weighted by Crippen LogP contribution is 2.26. The van der Waals surface area contributed by atoms with Gasteiger partial charge in [-0.3, -0.25) is 0 Å². The zero-order chi connectivity index (χ0) is 12.4. The lowest BCUT2D eigenvalue weighted by Gasteiger charge is -2.08. The van der Waals surface area contributed by atoms with E-state index in [2.05, 4.69) is 31.2 Å². The fraction of sp³-hybridized carbons (Fsp3) is 0.0909. The molecule has 6 heteroatoms. The summed E-state index contributed by atoms with van der Waals surface area (Å²) in [6.45, 7) is 1.82. The van der Waals surface area contributed by atoms with Gasteiger partial charge in [-0.25, -0.2) is 9.37 Å². The predicted molar refractivity (Wildman–Crippen MR) is 68.6 cm³/mol. The lowest BCUT2D eigenvalue weighted by atomic mass is 10.3. The van der Waals surface area contributed by atoms with Gasteiger partial charge in [0, 0.05) is 16.2 Å². The molecule has 0 atom stereocenters. The Kier molecular flexibility index (Phi) is 3.23. The Hall–Kier alpha value is -1.69. The molecular weight excluding hydrogens is 287 g/mol. The molecule has 0 bridgehead atoms. The molecule has 0 aliphatic heterocycles. The van der Waals surface area contributed by atoms with Crippen LogP contribution in [-0.4, -0.2) is 9.97 Å². The molecule has 0 saturated carbocycles. The average molecular weight is 297 g/mol. The van der Waals surface area contributed by atoms with Crippen molar-refractivity contribution in [1.82, 2.24) is 9.97 Å². The minimum absolute atomic E-state index is 0.200. The number of benzene rings is 1. The van der Waals surface area contributed by atoms with Crippen molar-refractivity contribution in [1.29, 1.82) is 0 Å². The maximum atomic E-state index is 12.9. The van der Waals surface area contributed by atoms with Crippen molar-refractivity contribution in [2.24, 2.45) is 0 Å². The quantitative estimate of drug-likeness (QED) is 0.894. The van der Waals surface area contributed by atoms with Crippen molar-refractivity contribution in [3.63, 3.8) is 0 Å². The minimum atomic E-state index is -0.305. The Morgan fingerprint density at radius 1 is 1.29 bits per heavy atom. The highest BCUT2D eigenvalue weighted by Gasteiger charge is 2.04. The van der Waals surface area contributed by atoms with E-state index in [4.69, 9.17) is 5.73 Å². The second-order valence-corrected chi connectivity index (χ2v) is 4.36. The van der Waals surface area contributed by atoms with Crippen LogP contribution < -0.4 is 11.1 Å². The number of hydrogen-bond acceptors (Lipinski definition) is 4. The third kappa shape index (κ3) is 2.91. The zero-order valence-corrected chi connectivity index (χ0v) is 10.6. The van der Waals surface area contributed by atoms with Gasteiger partial charge in [-0.2, -0.15) is 4.98 Å². The second-order valence-electron chi connectivity index (χ2n) is 3.50. The molecule has 17 heavy (non-hydrogen) atoms. The number of nitrogen functional groups attached to an aromatic ring is 1. The molecule has 0 aliphatic carbocycles. The summed E-state index contributed by atoms with van der Waals surface area (Å²) >= 11 is 3.26. The lowest BCUT2D eigenvalue weighted by molar-refractivity contribution is 0.627. The summed E-state index contributed by atoms with van der Waals surface area (Å²) in [5.41, 5.74) is 7.02. The minimum Gasteiger partial charge on any atom is -0.368 e. The number of rotatable bonds is 2. The number of anilines is 3. The van der Waals surface area contributed by atoms with Gasteiger partial charge in [0.15, 0.2) is 0 Å². The Morgan fingerprint density at radius 3 is 2.71 bits per heavy atom. The van der Waals surface area contributed by atoms with Crippen LogP contribution in [0.2, 0.25) is 0 Å². The molecule has 1 heterocycles. The third-order valence-corrected chi connectivity index (χ3v) is 2.72. The predicted octanol–water partition coefficient (Wildman–Crippen LogP) is 3.01.